The van der Waals surface area contributed by atoms with E-state index in [2.05, 4.69) is 38.9 Å². The number of nitrogen functional groups attached to an aromatic ring is 1. The van der Waals surface area contributed by atoms with E-state index in [9.17, 15) is 4.79 Å². The number of nitrogens with one attached hydrogen (secondary N) is 2. The molecule has 5 heterocycles. The minimum atomic E-state index is 0.0730. The first-order valence-electron chi connectivity index (χ1n) is 14.1. The summed E-state index contributed by atoms with van der Waals surface area (Å²) >= 11 is 0. The number of amides is 1. The third-order valence-corrected chi connectivity index (χ3v) is 7.80. The van der Waals surface area contributed by atoms with Gasteiger partial charge in [-0.2, -0.15) is 9.61 Å². The fraction of sp³-hybridized carbons (Fsp3) is 0.367. The maximum atomic E-state index is 13.3. The summed E-state index contributed by atoms with van der Waals surface area (Å²) < 4.78 is 1.77. The van der Waals surface area contributed by atoms with E-state index in [1.807, 2.05) is 35.5 Å². The van der Waals surface area contributed by atoms with Crippen LogP contribution >= 0.6 is 0 Å². The first-order valence-corrected chi connectivity index (χ1v) is 14.1. The van der Waals surface area contributed by atoms with Crippen LogP contribution in [0.25, 0.3) is 28.3 Å². The molecule has 0 aromatic carbocycles. The minimum Gasteiger partial charge on any atom is -0.383 e. The summed E-state index contributed by atoms with van der Waals surface area (Å²) in [5, 5.41) is 4.62. The van der Waals surface area contributed by atoms with Crippen LogP contribution in [0.3, 0.4) is 0 Å². The number of H-pyrrole nitrogens is 2. The lowest BCUT2D eigenvalue weighted by atomic mass is 9.99. The van der Waals surface area contributed by atoms with Gasteiger partial charge >= 0.3 is 0 Å². The second kappa shape index (κ2) is 11.0. The predicted octanol–water partition coefficient (Wildman–Crippen LogP) is 5.23. The lowest BCUT2D eigenvalue weighted by Crippen LogP contribution is -2.41. The molecule has 1 saturated carbocycles. The molecule has 1 fully saturated rings. The number of nitrogens with two attached hydrogens (primary N) is 1. The Morgan fingerprint density at radius 2 is 2.05 bits per heavy atom. The zero-order valence-corrected chi connectivity index (χ0v) is 23.0. The molecule has 1 aliphatic carbocycles. The maximum Gasteiger partial charge on any atom is 0.255 e. The van der Waals surface area contributed by atoms with Crippen molar-refractivity contribution >= 4 is 17.4 Å². The monoisotopic (exact) mass is 537 g/mol. The SMILES string of the molecule is CCCN(C(=O)c1cc[nH]c1)[C@H](CC)CCc1nc2c(-c3ccc(-c4ncc[nH]4)nc3)cnn2c(N)c1C1CC1. The summed E-state index contributed by atoms with van der Waals surface area (Å²) in [6.45, 7) is 4.99. The third kappa shape index (κ3) is 4.85. The van der Waals surface area contributed by atoms with Crippen molar-refractivity contribution in [2.24, 2.45) is 0 Å². The van der Waals surface area contributed by atoms with Crippen molar-refractivity contribution in [1.29, 1.82) is 0 Å². The highest BCUT2D eigenvalue weighted by Crippen LogP contribution is 2.45. The van der Waals surface area contributed by atoms with Gasteiger partial charge in [0.25, 0.3) is 5.91 Å². The number of aromatic nitrogens is 7. The maximum absolute atomic E-state index is 13.3. The number of rotatable bonds is 11. The number of fused-ring (bicyclic) bond motifs is 1. The molecule has 4 N–H and O–H groups in total. The molecule has 10 heteroatoms. The molecule has 0 radical (unpaired) electrons. The number of hydrogen-bond acceptors (Lipinski definition) is 6. The number of hydrogen-bond donors (Lipinski definition) is 3. The van der Waals surface area contributed by atoms with E-state index < -0.39 is 0 Å². The molecule has 0 unspecified atom stereocenters. The Labute approximate surface area is 233 Å². The van der Waals surface area contributed by atoms with Crippen LogP contribution in [0.4, 0.5) is 5.82 Å². The van der Waals surface area contributed by atoms with E-state index in [1.54, 1.807) is 29.3 Å². The van der Waals surface area contributed by atoms with Gasteiger partial charge in [-0.3, -0.25) is 9.78 Å². The van der Waals surface area contributed by atoms with Crippen LogP contribution < -0.4 is 5.73 Å². The fourth-order valence-electron chi connectivity index (χ4n) is 5.58. The minimum absolute atomic E-state index is 0.0730. The molecule has 0 bridgehead atoms. The molecular weight excluding hydrogens is 502 g/mol. The number of aryl methyl sites for hydroxylation is 1. The van der Waals surface area contributed by atoms with Gasteiger partial charge in [0, 0.05) is 60.3 Å². The van der Waals surface area contributed by atoms with Crippen molar-refractivity contribution in [2.75, 3.05) is 12.3 Å². The second-order valence-corrected chi connectivity index (χ2v) is 10.5. The molecule has 10 nitrogen and oxygen atoms in total. The Morgan fingerprint density at radius 3 is 2.70 bits per heavy atom. The molecule has 0 spiro atoms. The molecule has 5 aromatic rings. The quantitative estimate of drug-likeness (QED) is 0.211. The molecule has 1 atom stereocenters. The van der Waals surface area contributed by atoms with Crippen molar-refractivity contribution in [3.63, 3.8) is 0 Å². The molecular formula is C30H35N9O. The largest absolute Gasteiger partial charge is 0.383 e. The Kier molecular flexibility index (Phi) is 7.06. The van der Waals surface area contributed by atoms with Crippen LogP contribution in [0.1, 0.15) is 73.5 Å². The number of imidazole rings is 1. The van der Waals surface area contributed by atoms with Gasteiger partial charge in [0.1, 0.15) is 11.5 Å². The smallest absolute Gasteiger partial charge is 0.255 e. The standard InChI is InChI=1S/C30H35N9O/c1-3-15-38(30(40)21-11-12-32-16-21)22(4-2)8-10-24-26(19-5-6-19)27(31)39-29(37-24)23(18-36-39)20-7-9-25(35-17-20)28-33-13-14-34-28/h7,9,11-14,16-19,22,32H,3-6,8,10,15,31H2,1-2H3,(H,33,34)/t22-/m1/s1. The Hall–Kier alpha value is -4.47. The number of anilines is 1. The fourth-order valence-corrected chi connectivity index (χ4v) is 5.58. The number of pyridine rings is 1. The van der Waals surface area contributed by atoms with Crippen molar-refractivity contribution in [3.05, 3.63) is 72.2 Å². The van der Waals surface area contributed by atoms with Crippen LogP contribution in [0.5, 0.6) is 0 Å². The van der Waals surface area contributed by atoms with Gasteiger partial charge in [0.2, 0.25) is 0 Å². The average molecular weight is 538 g/mol. The van der Waals surface area contributed by atoms with Gasteiger partial charge in [0.05, 0.1) is 17.5 Å². The number of carbonyl (C=O) groups excluding carboxylic acids is 1. The van der Waals surface area contributed by atoms with Gasteiger partial charge < -0.3 is 20.6 Å². The molecule has 206 valence electrons. The summed E-state index contributed by atoms with van der Waals surface area (Å²) in [7, 11) is 0. The highest BCUT2D eigenvalue weighted by atomic mass is 16.2. The topological polar surface area (TPSA) is 134 Å². The van der Waals surface area contributed by atoms with Crippen LogP contribution in [0.2, 0.25) is 0 Å². The van der Waals surface area contributed by atoms with Crippen molar-refractivity contribution < 1.29 is 4.79 Å². The molecule has 40 heavy (non-hydrogen) atoms. The van der Waals surface area contributed by atoms with Crippen LogP contribution in [-0.4, -0.2) is 57.9 Å². The number of nitrogens with zero attached hydrogens (tertiary/aromatic N) is 6. The van der Waals surface area contributed by atoms with Gasteiger partial charge in [0.15, 0.2) is 11.5 Å². The van der Waals surface area contributed by atoms with E-state index in [4.69, 9.17) is 10.7 Å². The Bertz CT molecular complexity index is 1580. The van der Waals surface area contributed by atoms with E-state index in [0.717, 1.165) is 84.6 Å². The molecule has 1 amide bonds. The highest BCUT2D eigenvalue weighted by molar-refractivity contribution is 5.94. The summed E-state index contributed by atoms with van der Waals surface area (Å²) in [5.41, 5.74) is 12.9. The van der Waals surface area contributed by atoms with Gasteiger partial charge in [-0.25, -0.2) is 9.97 Å². The number of carbonyl (C=O) groups is 1. The lowest BCUT2D eigenvalue weighted by molar-refractivity contribution is 0.0663. The molecule has 0 aliphatic heterocycles. The first-order chi connectivity index (χ1) is 19.6. The lowest BCUT2D eigenvalue weighted by Gasteiger charge is -2.31. The van der Waals surface area contributed by atoms with E-state index in [1.165, 1.54) is 0 Å². The summed E-state index contributed by atoms with van der Waals surface area (Å²) in [5.74, 6) is 1.88. The van der Waals surface area contributed by atoms with Crippen molar-refractivity contribution in [1.82, 2.24) is 39.4 Å². The average Bonchev–Trinajstić information content (AvgIpc) is 3.37. The van der Waals surface area contributed by atoms with Crippen molar-refractivity contribution in [2.45, 2.75) is 64.3 Å². The van der Waals surface area contributed by atoms with Gasteiger partial charge in [-0.05, 0) is 56.6 Å². The molecule has 0 saturated heterocycles. The van der Waals surface area contributed by atoms with Crippen LogP contribution in [0.15, 0.2) is 55.4 Å². The highest BCUT2D eigenvalue weighted by Gasteiger charge is 2.32. The molecule has 6 rings (SSSR count). The first kappa shape index (κ1) is 25.8. The predicted molar refractivity (Wildman–Crippen MR) is 155 cm³/mol. The van der Waals surface area contributed by atoms with E-state index in [-0.39, 0.29) is 11.9 Å². The summed E-state index contributed by atoms with van der Waals surface area (Å²) in [4.78, 5) is 35.5. The zero-order valence-electron chi connectivity index (χ0n) is 23.0. The van der Waals surface area contributed by atoms with Gasteiger partial charge in [-0.1, -0.05) is 19.9 Å². The molecule has 1 aliphatic rings. The van der Waals surface area contributed by atoms with Crippen molar-refractivity contribution in [3.8, 4) is 22.6 Å². The van der Waals surface area contributed by atoms with Crippen LogP contribution in [0, 0.1) is 0 Å². The zero-order chi connectivity index (χ0) is 27.6. The summed E-state index contributed by atoms with van der Waals surface area (Å²) in [6.07, 6.45) is 16.3. The summed E-state index contributed by atoms with van der Waals surface area (Å²) in [6, 6.07) is 5.90. The molecule has 5 aromatic heterocycles. The second-order valence-electron chi connectivity index (χ2n) is 10.5. The Balaban J connectivity index is 1.31. The van der Waals surface area contributed by atoms with Crippen LogP contribution in [-0.2, 0) is 6.42 Å². The Morgan fingerprint density at radius 1 is 1.18 bits per heavy atom. The number of aromatic amines is 2. The van der Waals surface area contributed by atoms with Gasteiger partial charge in [-0.15, -0.1) is 0 Å². The normalized spacial score (nSPS) is 14.1. The van der Waals surface area contributed by atoms with E-state index >= 15 is 0 Å². The van der Waals surface area contributed by atoms with E-state index in [0.29, 0.717) is 17.3 Å². The third-order valence-electron chi connectivity index (χ3n) is 7.80.